The third-order valence-electron chi connectivity index (χ3n) is 7.61. The van der Waals surface area contributed by atoms with Gasteiger partial charge >= 0.3 is 6.18 Å². The van der Waals surface area contributed by atoms with E-state index in [0.717, 1.165) is 28.1 Å². The molecule has 0 atom stereocenters. The van der Waals surface area contributed by atoms with E-state index in [2.05, 4.69) is 21.4 Å². The number of rotatable bonds is 3. The Morgan fingerprint density at radius 2 is 1.62 bits per heavy atom. The Labute approximate surface area is 226 Å². The molecule has 0 bridgehead atoms. The monoisotopic (exact) mass is 539 g/mol. The molecule has 0 unspecified atom stereocenters. The Morgan fingerprint density at radius 1 is 0.825 bits per heavy atom. The van der Waals surface area contributed by atoms with E-state index in [0.29, 0.717) is 48.0 Å². The third kappa shape index (κ3) is 4.10. The summed E-state index contributed by atoms with van der Waals surface area (Å²) < 4.78 is 44.4. The second-order valence-corrected chi connectivity index (χ2v) is 10.0. The van der Waals surface area contributed by atoms with Gasteiger partial charge in [-0.05, 0) is 71.1 Å². The molecule has 2 N–H and O–H groups in total. The lowest BCUT2D eigenvalue weighted by molar-refractivity contribution is -0.137. The van der Waals surface area contributed by atoms with Gasteiger partial charge in [0.15, 0.2) is 0 Å². The zero-order valence-corrected chi connectivity index (χ0v) is 21.3. The van der Waals surface area contributed by atoms with Crippen molar-refractivity contribution in [3.8, 4) is 16.8 Å². The van der Waals surface area contributed by atoms with Crippen molar-refractivity contribution in [2.75, 3.05) is 31.1 Å². The number of H-pyrrole nitrogens is 1. The minimum absolute atomic E-state index is 0.125. The molecule has 1 aliphatic heterocycles. The quantitative estimate of drug-likeness (QED) is 0.266. The molecule has 40 heavy (non-hydrogen) atoms. The Kier molecular flexibility index (Phi) is 5.64. The maximum Gasteiger partial charge on any atom is 0.418 e. The number of fused-ring (bicyclic) bond motifs is 4. The second-order valence-electron chi connectivity index (χ2n) is 10.0. The van der Waals surface area contributed by atoms with E-state index in [9.17, 15) is 18.0 Å². The molecule has 1 saturated heterocycles. The van der Waals surface area contributed by atoms with Crippen molar-refractivity contribution in [2.45, 2.75) is 6.18 Å². The molecule has 7 rings (SSSR count). The van der Waals surface area contributed by atoms with Crippen LogP contribution in [0.25, 0.3) is 49.5 Å². The number of halogens is 3. The summed E-state index contributed by atoms with van der Waals surface area (Å²) in [4.78, 5) is 22.8. The van der Waals surface area contributed by atoms with Crippen LogP contribution >= 0.6 is 0 Å². The highest BCUT2D eigenvalue weighted by Crippen LogP contribution is 2.39. The van der Waals surface area contributed by atoms with Crippen molar-refractivity contribution in [2.24, 2.45) is 0 Å². The molecule has 9 heteroatoms. The Balaban J connectivity index is 1.46. The van der Waals surface area contributed by atoms with E-state index >= 15 is 0 Å². The number of aromatic amines is 1. The summed E-state index contributed by atoms with van der Waals surface area (Å²) in [7, 11) is 0. The number of anilines is 1. The Morgan fingerprint density at radius 3 is 2.45 bits per heavy atom. The molecular weight excluding hydrogens is 515 g/mol. The van der Waals surface area contributed by atoms with Gasteiger partial charge in [-0.15, -0.1) is 0 Å². The van der Waals surface area contributed by atoms with Crippen LogP contribution in [-0.2, 0) is 6.18 Å². The topological polar surface area (TPSA) is 66.0 Å². The van der Waals surface area contributed by atoms with Gasteiger partial charge in [0.1, 0.15) is 0 Å². The molecule has 0 saturated carbocycles. The number of hydrogen-bond acceptors (Lipinski definition) is 4. The minimum Gasteiger partial charge on any atom is -0.368 e. The number of alkyl halides is 3. The standard InChI is InChI=1S/C31H24F3N5O/c32-31(33,34)25-17-23(4-7-28(25)38-13-11-35-12-14-38)39-29(40)8-3-22-18-37-27-6-2-20(16-24(27)30(22)39)19-1-5-26-21(15-19)9-10-36-26/h1-10,15-18,35-36H,11-14H2. The third-order valence-corrected chi connectivity index (χ3v) is 7.61. The molecule has 1 aliphatic rings. The van der Waals surface area contributed by atoms with Crippen LogP contribution in [0.4, 0.5) is 18.9 Å². The smallest absolute Gasteiger partial charge is 0.368 e. The van der Waals surface area contributed by atoms with E-state index in [1.54, 1.807) is 23.2 Å². The average molecular weight is 540 g/mol. The second kappa shape index (κ2) is 9.24. The normalized spacial score (nSPS) is 14.4. The first-order chi connectivity index (χ1) is 19.4. The molecule has 3 aromatic heterocycles. The van der Waals surface area contributed by atoms with Crippen molar-refractivity contribution in [1.29, 1.82) is 0 Å². The van der Waals surface area contributed by atoms with Gasteiger partial charge in [-0.1, -0.05) is 12.1 Å². The maximum atomic E-state index is 14.4. The van der Waals surface area contributed by atoms with Crippen LogP contribution < -0.4 is 15.8 Å². The van der Waals surface area contributed by atoms with Gasteiger partial charge in [0.2, 0.25) is 0 Å². The van der Waals surface area contributed by atoms with Crippen molar-refractivity contribution in [3.63, 3.8) is 0 Å². The van der Waals surface area contributed by atoms with E-state index in [1.165, 1.54) is 16.7 Å². The number of benzene rings is 3. The van der Waals surface area contributed by atoms with Crippen LogP contribution in [0.5, 0.6) is 0 Å². The summed E-state index contributed by atoms with van der Waals surface area (Å²) in [5.74, 6) is 0. The first-order valence-corrected chi connectivity index (χ1v) is 13.1. The highest BCUT2D eigenvalue weighted by Gasteiger charge is 2.36. The minimum atomic E-state index is -4.59. The summed E-state index contributed by atoms with van der Waals surface area (Å²) in [6.07, 6.45) is -1.05. The van der Waals surface area contributed by atoms with Crippen molar-refractivity contribution < 1.29 is 13.2 Å². The average Bonchev–Trinajstić information content (AvgIpc) is 3.45. The van der Waals surface area contributed by atoms with Gasteiger partial charge in [0.25, 0.3) is 5.56 Å². The van der Waals surface area contributed by atoms with E-state index in [1.807, 2.05) is 42.6 Å². The molecule has 200 valence electrons. The lowest BCUT2D eigenvalue weighted by atomic mass is 10.0. The van der Waals surface area contributed by atoms with Crippen molar-refractivity contribution in [1.82, 2.24) is 19.9 Å². The van der Waals surface area contributed by atoms with Gasteiger partial charge in [-0.2, -0.15) is 13.2 Å². The lowest BCUT2D eigenvalue weighted by Gasteiger charge is -2.32. The molecule has 6 nitrogen and oxygen atoms in total. The highest BCUT2D eigenvalue weighted by molar-refractivity contribution is 6.05. The van der Waals surface area contributed by atoms with Crippen molar-refractivity contribution in [3.05, 3.63) is 101 Å². The van der Waals surface area contributed by atoms with E-state index in [4.69, 9.17) is 0 Å². The number of pyridine rings is 2. The number of piperazine rings is 1. The maximum absolute atomic E-state index is 14.4. The van der Waals surface area contributed by atoms with Gasteiger partial charge in [0.05, 0.1) is 22.3 Å². The first kappa shape index (κ1) is 24.4. The number of nitrogens with zero attached hydrogens (tertiary/aromatic N) is 3. The van der Waals surface area contributed by atoms with Crippen LogP contribution in [0.1, 0.15) is 5.56 Å². The molecule has 0 aliphatic carbocycles. The number of nitrogens with one attached hydrogen (secondary N) is 2. The number of hydrogen-bond donors (Lipinski definition) is 2. The van der Waals surface area contributed by atoms with Gasteiger partial charge in [-0.25, -0.2) is 0 Å². The molecule has 0 amide bonds. The summed E-state index contributed by atoms with van der Waals surface area (Å²) in [6, 6.07) is 21.1. The molecule has 6 aromatic rings. The first-order valence-electron chi connectivity index (χ1n) is 13.1. The SMILES string of the molecule is O=c1ccc2cnc3ccc(-c4ccc5[nH]ccc5c4)cc3c2n1-c1ccc(N2CCNCC2)c(C(F)(F)F)c1. The van der Waals surface area contributed by atoms with Crippen LogP contribution in [-0.4, -0.2) is 40.7 Å². The zero-order chi connectivity index (χ0) is 27.4. The summed E-state index contributed by atoms with van der Waals surface area (Å²) in [5.41, 5.74) is 3.20. The molecule has 0 spiro atoms. The van der Waals surface area contributed by atoms with E-state index < -0.39 is 17.3 Å². The van der Waals surface area contributed by atoms with Gasteiger partial charge in [0, 0.05) is 66.6 Å². The van der Waals surface area contributed by atoms with Gasteiger partial charge in [-0.3, -0.25) is 14.3 Å². The zero-order valence-electron chi connectivity index (χ0n) is 21.3. The van der Waals surface area contributed by atoms with Crippen LogP contribution in [0, 0.1) is 0 Å². The van der Waals surface area contributed by atoms with Gasteiger partial charge < -0.3 is 15.2 Å². The fraction of sp³-hybridized carbons (Fsp3) is 0.161. The molecule has 3 aromatic carbocycles. The Hall–Kier alpha value is -4.63. The lowest BCUT2D eigenvalue weighted by Crippen LogP contribution is -2.44. The predicted octanol–water partition coefficient (Wildman–Crippen LogP) is 6.12. The highest BCUT2D eigenvalue weighted by atomic mass is 19.4. The summed E-state index contributed by atoms with van der Waals surface area (Å²) in [5, 5.41) is 5.58. The molecule has 4 heterocycles. The van der Waals surface area contributed by atoms with Crippen LogP contribution in [0.15, 0.2) is 90.0 Å². The fourth-order valence-electron chi connectivity index (χ4n) is 5.65. The largest absolute Gasteiger partial charge is 0.418 e. The molecule has 0 radical (unpaired) electrons. The number of aromatic nitrogens is 3. The van der Waals surface area contributed by atoms with Crippen molar-refractivity contribution >= 4 is 38.4 Å². The predicted molar refractivity (Wildman–Crippen MR) is 152 cm³/mol. The summed E-state index contributed by atoms with van der Waals surface area (Å²) >= 11 is 0. The fourth-order valence-corrected chi connectivity index (χ4v) is 5.65. The summed E-state index contributed by atoms with van der Waals surface area (Å²) in [6.45, 7) is 2.18. The molecule has 1 fully saturated rings. The molecular formula is C31H24F3N5O. The Bertz CT molecular complexity index is 1970. The van der Waals surface area contributed by atoms with Crippen LogP contribution in [0.2, 0.25) is 0 Å². The van der Waals surface area contributed by atoms with E-state index in [-0.39, 0.29) is 11.4 Å². The van der Waals surface area contributed by atoms with Crippen LogP contribution in [0.3, 0.4) is 0 Å².